The fourth-order valence-electron chi connectivity index (χ4n) is 7.16. The van der Waals surface area contributed by atoms with Gasteiger partial charge in [0.15, 0.2) is 0 Å². The van der Waals surface area contributed by atoms with Crippen LogP contribution in [0.2, 0.25) is 0 Å². The van der Waals surface area contributed by atoms with Gasteiger partial charge in [0.25, 0.3) is 0 Å². The minimum Gasteiger partial charge on any atom is -0.370 e. The molecular formula is C31H37N5O. The van der Waals surface area contributed by atoms with Gasteiger partial charge in [-0.15, -0.1) is 0 Å². The van der Waals surface area contributed by atoms with Crippen LogP contribution in [0, 0.1) is 29.1 Å². The van der Waals surface area contributed by atoms with E-state index >= 15 is 0 Å². The Balaban J connectivity index is 1.51. The van der Waals surface area contributed by atoms with E-state index in [4.69, 9.17) is 0 Å². The Morgan fingerprint density at radius 3 is 2.68 bits per heavy atom. The van der Waals surface area contributed by atoms with E-state index in [0.717, 1.165) is 85.1 Å². The number of hydrogen-bond donors (Lipinski definition) is 0. The minimum absolute atomic E-state index is 0.158. The highest BCUT2D eigenvalue weighted by Crippen LogP contribution is 2.48. The molecule has 1 aliphatic carbocycles. The third kappa shape index (κ3) is 3.74. The molecule has 2 aliphatic heterocycles. The van der Waals surface area contributed by atoms with E-state index in [9.17, 15) is 10.1 Å². The van der Waals surface area contributed by atoms with Crippen LogP contribution >= 0.6 is 0 Å². The number of rotatable bonds is 3. The number of nitriles is 1. The first-order valence-corrected chi connectivity index (χ1v) is 13.7. The highest BCUT2D eigenvalue weighted by molar-refractivity contribution is 5.99. The van der Waals surface area contributed by atoms with Crippen molar-refractivity contribution in [3.63, 3.8) is 0 Å². The summed E-state index contributed by atoms with van der Waals surface area (Å²) in [6, 6.07) is 9.32. The average Bonchev–Trinajstić information content (AvgIpc) is 3.46. The predicted octanol–water partition coefficient (Wildman–Crippen LogP) is 5.38. The van der Waals surface area contributed by atoms with Crippen LogP contribution in [-0.4, -0.2) is 46.8 Å². The first kappa shape index (κ1) is 24.0. The summed E-state index contributed by atoms with van der Waals surface area (Å²) in [7, 11) is 2.00. The van der Waals surface area contributed by atoms with E-state index < -0.39 is 0 Å². The Morgan fingerprint density at radius 1 is 1.16 bits per heavy atom. The van der Waals surface area contributed by atoms with Crippen LogP contribution in [0.1, 0.15) is 62.3 Å². The lowest BCUT2D eigenvalue weighted by atomic mass is 9.71. The number of fused-ring (bicyclic) bond motifs is 2. The summed E-state index contributed by atoms with van der Waals surface area (Å²) >= 11 is 0. The molecule has 2 aromatic carbocycles. The Hall–Kier alpha value is -3.33. The SMILES string of the molecule is CCC(=O)N1CC2(CCN(c3cc4c(c(-c5c(C)ccc6cnn(C)c56)c3C#N)CCC(C)(C)C4)C2)C1. The van der Waals surface area contributed by atoms with Crippen LogP contribution in [0.3, 0.4) is 0 Å². The molecule has 0 bridgehead atoms. The molecule has 0 radical (unpaired) electrons. The van der Waals surface area contributed by atoms with Crippen LogP contribution in [0.4, 0.5) is 5.69 Å². The molecule has 0 N–H and O–H groups in total. The van der Waals surface area contributed by atoms with Gasteiger partial charge < -0.3 is 9.80 Å². The van der Waals surface area contributed by atoms with Crippen LogP contribution in [-0.2, 0) is 24.7 Å². The molecule has 2 fully saturated rings. The van der Waals surface area contributed by atoms with Gasteiger partial charge in [-0.25, -0.2) is 0 Å². The third-order valence-electron chi connectivity index (χ3n) is 9.19. The summed E-state index contributed by atoms with van der Waals surface area (Å²) in [4.78, 5) is 16.7. The normalized spacial score (nSPS) is 19.7. The van der Waals surface area contributed by atoms with Crippen molar-refractivity contribution in [2.24, 2.45) is 17.9 Å². The number of benzene rings is 2. The van der Waals surface area contributed by atoms with Crippen molar-refractivity contribution >= 4 is 22.5 Å². The van der Waals surface area contributed by atoms with Crippen molar-refractivity contribution < 1.29 is 4.79 Å². The Bertz CT molecular complexity index is 1470. The average molecular weight is 496 g/mol. The van der Waals surface area contributed by atoms with E-state index in [1.165, 1.54) is 16.7 Å². The zero-order valence-electron chi connectivity index (χ0n) is 22.8. The van der Waals surface area contributed by atoms with E-state index in [1.807, 2.05) is 29.7 Å². The zero-order valence-corrected chi connectivity index (χ0v) is 22.8. The van der Waals surface area contributed by atoms with Crippen molar-refractivity contribution in [1.29, 1.82) is 5.26 Å². The number of nitrogens with zero attached hydrogens (tertiary/aromatic N) is 5. The van der Waals surface area contributed by atoms with Gasteiger partial charge in [0.05, 0.1) is 23.0 Å². The molecule has 0 unspecified atom stereocenters. The number of carbonyl (C=O) groups excluding carboxylic acids is 1. The van der Waals surface area contributed by atoms with Gasteiger partial charge >= 0.3 is 0 Å². The minimum atomic E-state index is 0.158. The second kappa shape index (κ2) is 8.34. The van der Waals surface area contributed by atoms with Crippen LogP contribution in [0.15, 0.2) is 24.4 Å². The summed E-state index contributed by atoms with van der Waals surface area (Å²) < 4.78 is 1.96. The first-order valence-electron chi connectivity index (χ1n) is 13.7. The second-order valence-corrected chi connectivity index (χ2v) is 12.5. The van der Waals surface area contributed by atoms with E-state index in [2.05, 4.69) is 55.0 Å². The molecule has 3 heterocycles. The van der Waals surface area contributed by atoms with E-state index in [0.29, 0.717) is 6.42 Å². The number of carbonyl (C=O) groups is 1. The third-order valence-corrected chi connectivity index (χ3v) is 9.19. The van der Waals surface area contributed by atoms with Crippen LogP contribution in [0.25, 0.3) is 22.0 Å². The van der Waals surface area contributed by atoms with E-state index in [-0.39, 0.29) is 16.7 Å². The van der Waals surface area contributed by atoms with Gasteiger partial charge in [-0.2, -0.15) is 10.4 Å². The molecule has 3 aliphatic rings. The number of aromatic nitrogens is 2. The lowest BCUT2D eigenvalue weighted by Crippen LogP contribution is -2.59. The van der Waals surface area contributed by atoms with Gasteiger partial charge in [0, 0.05) is 61.6 Å². The molecule has 2 saturated heterocycles. The number of hydrogen-bond acceptors (Lipinski definition) is 4. The maximum atomic E-state index is 12.2. The van der Waals surface area contributed by atoms with Crippen LogP contribution in [0.5, 0.6) is 0 Å². The maximum absolute atomic E-state index is 12.2. The van der Waals surface area contributed by atoms with Crippen molar-refractivity contribution in [3.05, 3.63) is 46.6 Å². The molecule has 6 rings (SSSR count). The van der Waals surface area contributed by atoms with Gasteiger partial charge in [0.2, 0.25) is 5.91 Å². The molecule has 1 spiro atoms. The molecule has 6 heteroatoms. The van der Waals surface area contributed by atoms with Crippen molar-refractivity contribution in [2.75, 3.05) is 31.1 Å². The lowest BCUT2D eigenvalue weighted by molar-refractivity contribution is -0.141. The fraction of sp³-hybridized carbons (Fsp3) is 0.516. The largest absolute Gasteiger partial charge is 0.370 e. The maximum Gasteiger partial charge on any atom is 0.222 e. The number of amides is 1. The van der Waals surface area contributed by atoms with Crippen molar-refractivity contribution in [2.45, 2.75) is 59.8 Å². The van der Waals surface area contributed by atoms with Gasteiger partial charge in [-0.3, -0.25) is 9.48 Å². The Labute approximate surface area is 219 Å². The predicted molar refractivity (Wildman–Crippen MR) is 148 cm³/mol. The summed E-state index contributed by atoms with van der Waals surface area (Å²) in [6.07, 6.45) is 6.69. The zero-order chi connectivity index (χ0) is 26.1. The lowest BCUT2D eigenvalue weighted by Gasteiger charge is -2.48. The fourth-order valence-corrected chi connectivity index (χ4v) is 7.16. The molecule has 192 valence electrons. The molecule has 3 aromatic rings. The quantitative estimate of drug-likeness (QED) is 0.489. The summed E-state index contributed by atoms with van der Waals surface area (Å²) in [5, 5.41) is 16.4. The summed E-state index contributed by atoms with van der Waals surface area (Å²) in [6.45, 7) is 12.3. The molecule has 6 nitrogen and oxygen atoms in total. The molecular weight excluding hydrogens is 458 g/mol. The summed E-state index contributed by atoms with van der Waals surface area (Å²) in [5.74, 6) is 0.250. The van der Waals surface area contributed by atoms with Crippen molar-refractivity contribution in [3.8, 4) is 17.2 Å². The standard InChI is InChI=1S/C31H37N5O/c1-6-26(37)36-18-31(19-36)11-12-35(17-31)25-13-22-14-30(3,4)10-9-23(22)28(24(25)15-32)27-20(2)7-8-21-16-33-34(5)29(21)27/h7-8,13,16H,6,9-12,14,17-19H2,1-5H3. The first-order chi connectivity index (χ1) is 17.6. The Morgan fingerprint density at radius 2 is 1.95 bits per heavy atom. The smallest absolute Gasteiger partial charge is 0.222 e. The topological polar surface area (TPSA) is 65.2 Å². The second-order valence-electron chi connectivity index (χ2n) is 12.5. The Kier molecular flexibility index (Phi) is 5.42. The number of aryl methyl sites for hydroxylation is 2. The summed E-state index contributed by atoms with van der Waals surface area (Å²) in [5.41, 5.74) is 9.56. The van der Waals surface area contributed by atoms with Crippen LogP contribution < -0.4 is 4.90 Å². The molecule has 0 saturated carbocycles. The van der Waals surface area contributed by atoms with E-state index in [1.54, 1.807) is 0 Å². The van der Waals surface area contributed by atoms with Gasteiger partial charge in [-0.05, 0) is 60.8 Å². The highest BCUT2D eigenvalue weighted by Gasteiger charge is 2.49. The monoisotopic (exact) mass is 495 g/mol. The molecule has 0 atom stereocenters. The number of likely N-dealkylation sites (tertiary alicyclic amines) is 1. The molecule has 1 amide bonds. The molecule has 37 heavy (non-hydrogen) atoms. The highest BCUT2D eigenvalue weighted by atomic mass is 16.2. The van der Waals surface area contributed by atoms with Gasteiger partial charge in [0.1, 0.15) is 6.07 Å². The number of anilines is 1. The van der Waals surface area contributed by atoms with Gasteiger partial charge in [-0.1, -0.05) is 32.9 Å². The molecule has 1 aromatic heterocycles. The van der Waals surface area contributed by atoms with Crippen molar-refractivity contribution in [1.82, 2.24) is 14.7 Å².